The molecule has 0 unspecified atom stereocenters. The van der Waals surface area contributed by atoms with Gasteiger partial charge in [0.05, 0.1) is 6.54 Å². The van der Waals surface area contributed by atoms with Gasteiger partial charge in [-0.05, 0) is 31.0 Å². The fraction of sp³-hybridized carbons (Fsp3) is 0.308. The zero-order valence-corrected chi connectivity index (χ0v) is 11.8. The second kappa shape index (κ2) is 7.13. The van der Waals surface area contributed by atoms with E-state index in [1.807, 2.05) is 6.92 Å². The van der Waals surface area contributed by atoms with E-state index in [-0.39, 0.29) is 12.5 Å². The number of imide groups is 1. The zero-order chi connectivity index (χ0) is 16.0. The van der Waals surface area contributed by atoms with Crippen molar-refractivity contribution in [2.75, 3.05) is 11.9 Å². The van der Waals surface area contributed by atoms with Crippen LogP contribution in [-0.2, 0) is 6.54 Å². The lowest BCUT2D eigenvalue weighted by Gasteiger charge is -2.17. The van der Waals surface area contributed by atoms with Gasteiger partial charge in [-0.1, -0.05) is 12.1 Å². The number of anilines is 1. The number of hydrogen-bond acceptors (Lipinski definition) is 3. The van der Waals surface area contributed by atoms with Crippen LogP contribution in [0.1, 0.15) is 18.1 Å². The molecule has 0 aromatic heterocycles. The quantitative estimate of drug-likeness (QED) is 0.496. The van der Waals surface area contributed by atoms with Crippen molar-refractivity contribution in [3.05, 3.63) is 29.3 Å². The Morgan fingerprint density at radius 1 is 1.33 bits per heavy atom. The first-order chi connectivity index (χ1) is 9.86. The van der Waals surface area contributed by atoms with Crippen LogP contribution in [0.5, 0.6) is 0 Å². The average molecular weight is 294 g/mol. The van der Waals surface area contributed by atoms with Crippen molar-refractivity contribution in [2.45, 2.75) is 20.4 Å². The molecule has 0 aliphatic heterocycles. The smallest absolute Gasteiger partial charge is 0.417 e. The summed E-state index contributed by atoms with van der Waals surface area (Å²) in [5.41, 5.74) is 7.60. The minimum Gasteiger partial charge on any atom is -0.465 e. The molecule has 0 radical (unpaired) electrons. The number of guanidine groups is 1. The van der Waals surface area contributed by atoms with Crippen molar-refractivity contribution in [2.24, 2.45) is 10.7 Å². The molecule has 8 heteroatoms. The summed E-state index contributed by atoms with van der Waals surface area (Å²) in [6.45, 7) is 3.87. The topological polar surface area (TPSA) is 128 Å². The molecule has 0 spiro atoms. The standard InChI is InChI=1S/C13H18N4O4/c1-3-15-11(14)16-10-6-4-5-9(8(10)2)7-17(12(18)19)13(20)21/h4-6H,3,7H2,1-2H3,(H,18,19)(H,20,21)(H3,14,15,16). The van der Waals surface area contributed by atoms with E-state index in [4.69, 9.17) is 15.9 Å². The van der Waals surface area contributed by atoms with E-state index in [2.05, 4.69) is 10.3 Å². The van der Waals surface area contributed by atoms with Gasteiger partial charge in [0.25, 0.3) is 0 Å². The van der Waals surface area contributed by atoms with Crippen LogP contribution in [0.2, 0.25) is 0 Å². The van der Waals surface area contributed by atoms with Crippen molar-refractivity contribution in [3.8, 4) is 0 Å². The predicted molar refractivity (Wildman–Crippen MR) is 78.6 cm³/mol. The third-order valence-corrected chi connectivity index (χ3v) is 2.83. The van der Waals surface area contributed by atoms with Crippen LogP contribution in [0.25, 0.3) is 0 Å². The Bertz CT molecular complexity index is 557. The number of aliphatic imine (C=N–C) groups is 1. The third-order valence-electron chi connectivity index (χ3n) is 2.83. The van der Waals surface area contributed by atoms with Crippen molar-refractivity contribution in [1.82, 2.24) is 4.90 Å². The van der Waals surface area contributed by atoms with E-state index in [1.165, 1.54) is 0 Å². The molecule has 21 heavy (non-hydrogen) atoms. The molecule has 0 aliphatic rings. The van der Waals surface area contributed by atoms with E-state index in [9.17, 15) is 9.59 Å². The number of benzene rings is 1. The molecule has 114 valence electrons. The van der Waals surface area contributed by atoms with Crippen molar-refractivity contribution in [1.29, 1.82) is 0 Å². The van der Waals surface area contributed by atoms with Gasteiger partial charge in [0.15, 0.2) is 5.96 Å². The molecule has 0 atom stereocenters. The van der Waals surface area contributed by atoms with Gasteiger partial charge in [0, 0.05) is 12.2 Å². The number of nitrogens with zero attached hydrogens (tertiary/aromatic N) is 2. The van der Waals surface area contributed by atoms with Gasteiger partial charge < -0.3 is 21.3 Å². The lowest BCUT2D eigenvalue weighted by Crippen LogP contribution is -2.34. The van der Waals surface area contributed by atoms with Gasteiger partial charge in [0.2, 0.25) is 0 Å². The molecule has 8 nitrogen and oxygen atoms in total. The molecule has 1 aromatic rings. The highest BCUT2D eigenvalue weighted by Crippen LogP contribution is 2.20. The van der Waals surface area contributed by atoms with Crippen molar-refractivity contribution in [3.63, 3.8) is 0 Å². The Kier molecular flexibility index (Phi) is 5.53. The Balaban J connectivity index is 3.02. The fourth-order valence-corrected chi connectivity index (χ4v) is 1.73. The van der Waals surface area contributed by atoms with Crippen LogP contribution in [0.3, 0.4) is 0 Å². The summed E-state index contributed by atoms with van der Waals surface area (Å²) in [6, 6.07) is 5.10. The first-order valence-corrected chi connectivity index (χ1v) is 6.25. The zero-order valence-electron chi connectivity index (χ0n) is 11.8. The number of carbonyl (C=O) groups is 2. The van der Waals surface area contributed by atoms with Gasteiger partial charge in [-0.3, -0.25) is 4.99 Å². The minimum atomic E-state index is -1.52. The number of nitrogens with one attached hydrogen (secondary N) is 1. The average Bonchev–Trinajstić information content (AvgIpc) is 2.39. The summed E-state index contributed by atoms with van der Waals surface area (Å²) in [5, 5.41) is 20.6. The lowest BCUT2D eigenvalue weighted by atomic mass is 10.1. The monoisotopic (exact) mass is 294 g/mol. The molecular weight excluding hydrogens is 276 g/mol. The highest BCUT2D eigenvalue weighted by atomic mass is 16.4. The Morgan fingerprint density at radius 3 is 2.48 bits per heavy atom. The van der Waals surface area contributed by atoms with Crippen LogP contribution >= 0.6 is 0 Å². The Morgan fingerprint density at radius 2 is 1.95 bits per heavy atom. The molecule has 1 aromatic carbocycles. The van der Waals surface area contributed by atoms with Crippen LogP contribution < -0.4 is 11.1 Å². The van der Waals surface area contributed by atoms with Crippen LogP contribution in [0, 0.1) is 6.92 Å². The lowest BCUT2D eigenvalue weighted by molar-refractivity contribution is 0.120. The summed E-state index contributed by atoms with van der Waals surface area (Å²) in [7, 11) is 0. The fourth-order valence-electron chi connectivity index (χ4n) is 1.73. The summed E-state index contributed by atoms with van der Waals surface area (Å²) >= 11 is 0. The molecule has 0 bridgehead atoms. The Hall–Kier alpha value is -2.77. The van der Waals surface area contributed by atoms with Gasteiger partial charge >= 0.3 is 12.2 Å². The van der Waals surface area contributed by atoms with Crippen LogP contribution in [0.15, 0.2) is 23.2 Å². The van der Waals surface area contributed by atoms with Crippen molar-refractivity contribution >= 4 is 23.8 Å². The largest absolute Gasteiger partial charge is 0.465 e. The maximum absolute atomic E-state index is 10.9. The van der Waals surface area contributed by atoms with E-state index < -0.39 is 12.2 Å². The van der Waals surface area contributed by atoms with Gasteiger partial charge in [0.1, 0.15) is 0 Å². The van der Waals surface area contributed by atoms with Gasteiger partial charge in [-0.15, -0.1) is 0 Å². The summed E-state index contributed by atoms with van der Waals surface area (Å²) in [6.07, 6.45) is -3.04. The second-order valence-electron chi connectivity index (χ2n) is 4.23. The highest BCUT2D eigenvalue weighted by molar-refractivity contribution is 5.93. The molecular formula is C13H18N4O4. The van der Waals surface area contributed by atoms with Gasteiger partial charge in [-0.25, -0.2) is 14.5 Å². The molecule has 5 N–H and O–H groups in total. The SMILES string of the molecule is CCN=C(N)Nc1cccc(CN(C(=O)O)C(=O)O)c1C. The first-order valence-electron chi connectivity index (χ1n) is 6.25. The first kappa shape index (κ1) is 16.3. The van der Waals surface area contributed by atoms with Crippen LogP contribution in [0.4, 0.5) is 15.3 Å². The number of carboxylic acid groups (broad SMARTS) is 2. The molecule has 0 aliphatic carbocycles. The highest BCUT2D eigenvalue weighted by Gasteiger charge is 2.21. The number of hydrogen-bond donors (Lipinski definition) is 4. The minimum absolute atomic E-state index is 0.242. The molecule has 0 fully saturated rings. The molecule has 1 rings (SSSR count). The van der Waals surface area contributed by atoms with E-state index >= 15 is 0 Å². The van der Waals surface area contributed by atoms with Gasteiger partial charge in [-0.2, -0.15) is 0 Å². The maximum Gasteiger partial charge on any atom is 0.417 e. The van der Waals surface area contributed by atoms with E-state index in [0.29, 0.717) is 28.3 Å². The number of amides is 2. The summed E-state index contributed by atoms with van der Waals surface area (Å²) in [4.78, 5) is 26.1. The normalized spacial score (nSPS) is 11.0. The summed E-state index contributed by atoms with van der Waals surface area (Å²) < 4.78 is 0. The Labute approximate surface area is 121 Å². The predicted octanol–water partition coefficient (Wildman–Crippen LogP) is 1.90. The molecule has 2 amide bonds. The number of rotatable bonds is 4. The van der Waals surface area contributed by atoms with E-state index in [0.717, 1.165) is 0 Å². The third kappa shape index (κ3) is 4.37. The van der Waals surface area contributed by atoms with Crippen LogP contribution in [-0.4, -0.2) is 39.8 Å². The summed E-state index contributed by atoms with van der Waals surface area (Å²) in [5.74, 6) is 0.242. The second-order valence-corrected chi connectivity index (χ2v) is 4.23. The maximum atomic E-state index is 10.9. The van der Waals surface area contributed by atoms with E-state index in [1.54, 1.807) is 25.1 Å². The molecule has 0 saturated heterocycles. The van der Waals surface area contributed by atoms with Crippen molar-refractivity contribution < 1.29 is 19.8 Å². The molecule has 0 heterocycles. The molecule has 0 saturated carbocycles. The number of nitrogens with two attached hydrogens (primary N) is 1.